The van der Waals surface area contributed by atoms with E-state index in [9.17, 15) is 9.59 Å². The van der Waals surface area contributed by atoms with Crippen LogP contribution in [-0.4, -0.2) is 27.0 Å². The van der Waals surface area contributed by atoms with Gasteiger partial charge < -0.3 is 10.2 Å². The summed E-state index contributed by atoms with van der Waals surface area (Å²) in [6.07, 6.45) is 1.39. The highest BCUT2D eigenvalue weighted by Crippen LogP contribution is 2.26. The Morgan fingerprint density at radius 1 is 1.03 bits per heavy atom. The minimum absolute atomic E-state index is 0.100. The fourth-order valence-corrected chi connectivity index (χ4v) is 4.70. The average molecular weight is 533 g/mol. The lowest BCUT2D eigenvalue weighted by Gasteiger charge is -2.32. The fourth-order valence-electron chi connectivity index (χ4n) is 4.30. The number of carbonyl (C=O) groups excluding carboxylic acids is 1. The number of benzene rings is 3. The Morgan fingerprint density at radius 3 is 2.49 bits per heavy atom. The van der Waals surface area contributed by atoms with Gasteiger partial charge >= 0.3 is 6.03 Å². The molecule has 3 aromatic carbocycles. The highest BCUT2D eigenvalue weighted by atomic mass is 79.9. The molecule has 1 N–H and O–H groups in total. The Bertz CT molecular complexity index is 1370. The van der Waals surface area contributed by atoms with Crippen LogP contribution in [0.3, 0.4) is 0 Å². The van der Waals surface area contributed by atoms with Gasteiger partial charge in [0.1, 0.15) is 5.82 Å². The van der Waals surface area contributed by atoms with E-state index in [1.54, 1.807) is 15.5 Å². The van der Waals surface area contributed by atoms with E-state index < -0.39 is 0 Å². The van der Waals surface area contributed by atoms with Gasteiger partial charge in [0.25, 0.3) is 5.56 Å². The molecule has 4 rings (SSSR count). The molecule has 35 heavy (non-hydrogen) atoms. The molecule has 0 aliphatic carbocycles. The van der Waals surface area contributed by atoms with Crippen LogP contribution in [-0.2, 0) is 6.54 Å². The van der Waals surface area contributed by atoms with Gasteiger partial charge in [-0.1, -0.05) is 78.3 Å². The summed E-state index contributed by atoms with van der Waals surface area (Å²) in [5.74, 6) is 0.595. The van der Waals surface area contributed by atoms with Gasteiger partial charge in [0, 0.05) is 16.7 Å². The highest BCUT2D eigenvalue weighted by Gasteiger charge is 2.28. The molecule has 4 aromatic rings. The molecule has 6 nitrogen and oxygen atoms in total. The molecule has 1 atom stereocenters. The predicted molar refractivity (Wildman–Crippen MR) is 145 cm³/mol. The summed E-state index contributed by atoms with van der Waals surface area (Å²) < 4.78 is 2.61. The van der Waals surface area contributed by atoms with Crippen molar-refractivity contribution in [2.24, 2.45) is 0 Å². The van der Waals surface area contributed by atoms with Crippen LogP contribution < -0.4 is 10.9 Å². The normalized spacial score (nSPS) is 11.9. The summed E-state index contributed by atoms with van der Waals surface area (Å²) in [6.45, 7) is 4.98. The molecule has 1 heterocycles. The zero-order chi connectivity index (χ0) is 24.8. The van der Waals surface area contributed by atoms with Crippen molar-refractivity contribution in [3.05, 3.63) is 105 Å². The molecule has 7 heteroatoms. The second-order valence-corrected chi connectivity index (χ2v) is 9.34. The summed E-state index contributed by atoms with van der Waals surface area (Å²) in [4.78, 5) is 33.9. The topological polar surface area (TPSA) is 67.2 Å². The van der Waals surface area contributed by atoms with Crippen molar-refractivity contribution >= 4 is 38.6 Å². The number of amides is 2. The summed E-state index contributed by atoms with van der Waals surface area (Å²) in [5.41, 5.74) is 2.24. The van der Waals surface area contributed by atoms with Crippen LogP contribution in [0.2, 0.25) is 0 Å². The first-order chi connectivity index (χ1) is 17.0. The number of fused-ring (bicyclic) bond motifs is 1. The lowest BCUT2D eigenvalue weighted by atomic mass is 10.1. The molecule has 0 radical (unpaired) electrons. The second-order valence-electron chi connectivity index (χ2n) is 8.42. The van der Waals surface area contributed by atoms with E-state index in [0.717, 1.165) is 16.5 Å². The number of nitrogens with zero attached hydrogens (tertiary/aromatic N) is 3. The van der Waals surface area contributed by atoms with Crippen molar-refractivity contribution < 1.29 is 4.79 Å². The number of anilines is 1. The third kappa shape index (κ3) is 5.62. The van der Waals surface area contributed by atoms with Gasteiger partial charge in [0.05, 0.1) is 23.5 Å². The first-order valence-electron chi connectivity index (χ1n) is 11.9. The zero-order valence-electron chi connectivity index (χ0n) is 19.9. The Labute approximate surface area is 213 Å². The second kappa shape index (κ2) is 11.3. The fraction of sp³-hybridized carbons (Fsp3) is 0.250. The standard InChI is InChI=1S/C28H29BrN4O2/c1-3-17-32(28(35)30-22-14-10-13-21(29)18-22)25(4-2)26-31-24-16-9-8-15-23(24)27(34)33(26)19-20-11-6-5-7-12-20/h5-16,18,25H,3-4,17,19H2,1-2H3,(H,30,35). The van der Waals surface area contributed by atoms with Gasteiger partial charge in [-0.05, 0) is 48.7 Å². The largest absolute Gasteiger partial charge is 0.322 e. The minimum Gasteiger partial charge on any atom is -0.314 e. The molecule has 0 spiro atoms. The number of carbonyl (C=O) groups is 1. The number of hydrogen-bond donors (Lipinski definition) is 1. The van der Waals surface area contributed by atoms with Crippen molar-refractivity contribution in [3.63, 3.8) is 0 Å². The van der Waals surface area contributed by atoms with Crippen molar-refractivity contribution in [1.29, 1.82) is 0 Å². The smallest absolute Gasteiger partial charge is 0.314 e. The lowest BCUT2D eigenvalue weighted by molar-refractivity contribution is 0.180. The molecule has 1 unspecified atom stereocenters. The molecular formula is C28H29BrN4O2. The third-order valence-electron chi connectivity index (χ3n) is 5.94. The highest BCUT2D eigenvalue weighted by molar-refractivity contribution is 9.10. The van der Waals surface area contributed by atoms with E-state index in [-0.39, 0.29) is 17.6 Å². The summed E-state index contributed by atoms with van der Waals surface area (Å²) in [6, 6.07) is 24.2. The number of aromatic nitrogens is 2. The molecular weight excluding hydrogens is 504 g/mol. The summed E-state index contributed by atoms with van der Waals surface area (Å²) >= 11 is 3.46. The Hall–Kier alpha value is -3.45. The number of hydrogen-bond acceptors (Lipinski definition) is 3. The molecule has 0 aliphatic heterocycles. The van der Waals surface area contributed by atoms with E-state index >= 15 is 0 Å². The van der Waals surface area contributed by atoms with E-state index in [4.69, 9.17) is 4.98 Å². The minimum atomic E-state index is -0.372. The third-order valence-corrected chi connectivity index (χ3v) is 6.43. The van der Waals surface area contributed by atoms with Crippen LogP contribution in [0.25, 0.3) is 10.9 Å². The van der Waals surface area contributed by atoms with Gasteiger partial charge in [0.2, 0.25) is 0 Å². The number of urea groups is 1. The van der Waals surface area contributed by atoms with E-state index in [1.807, 2.05) is 86.6 Å². The maximum atomic E-state index is 13.7. The maximum absolute atomic E-state index is 13.7. The molecule has 0 saturated heterocycles. The first-order valence-corrected chi connectivity index (χ1v) is 12.7. The van der Waals surface area contributed by atoms with Gasteiger partial charge in [-0.15, -0.1) is 0 Å². The molecule has 180 valence electrons. The molecule has 2 amide bonds. The van der Waals surface area contributed by atoms with Crippen molar-refractivity contribution in [3.8, 4) is 0 Å². The Kier molecular flexibility index (Phi) is 7.98. The number of nitrogens with one attached hydrogen (secondary N) is 1. The van der Waals surface area contributed by atoms with Crippen LogP contribution in [0, 0.1) is 0 Å². The van der Waals surface area contributed by atoms with Crippen LogP contribution in [0.4, 0.5) is 10.5 Å². The average Bonchev–Trinajstić information content (AvgIpc) is 2.86. The maximum Gasteiger partial charge on any atom is 0.322 e. The monoisotopic (exact) mass is 532 g/mol. The van der Waals surface area contributed by atoms with Gasteiger partial charge in [0.15, 0.2) is 0 Å². The van der Waals surface area contributed by atoms with Crippen molar-refractivity contribution in [2.45, 2.75) is 39.3 Å². The van der Waals surface area contributed by atoms with Gasteiger partial charge in [-0.3, -0.25) is 9.36 Å². The number of halogens is 1. The quantitative estimate of drug-likeness (QED) is 0.278. The van der Waals surface area contributed by atoms with Gasteiger partial charge in [-0.2, -0.15) is 0 Å². The van der Waals surface area contributed by atoms with Crippen molar-refractivity contribution in [1.82, 2.24) is 14.5 Å². The van der Waals surface area contributed by atoms with Gasteiger partial charge in [-0.25, -0.2) is 9.78 Å². The Balaban J connectivity index is 1.80. The van der Waals surface area contributed by atoms with Crippen molar-refractivity contribution in [2.75, 3.05) is 11.9 Å². The molecule has 0 saturated carbocycles. The Morgan fingerprint density at radius 2 is 1.77 bits per heavy atom. The van der Waals surface area contributed by atoms with E-state index in [2.05, 4.69) is 21.2 Å². The lowest BCUT2D eigenvalue weighted by Crippen LogP contribution is -2.41. The SMILES string of the molecule is CCCN(C(=O)Nc1cccc(Br)c1)C(CC)c1nc2ccccc2c(=O)n1Cc1ccccc1. The zero-order valence-corrected chi connectivity index (χ0v) is 21.5. The van der Waals surface area contributed by atoms with Crippen LogP contribution in [0.15, 0.2) is 88.1 Å². The number of para-hydroxylation sites is 1. The van der Waals surface area contributed by atoms with Crippen LogP contribution in [0.5, 0.6) is 0 Å². The van der Waals surface area contributed by atoms with Crippen LogP contribution >= 0.6 is 15.9 Å². The summed E-state index contributed by atoms with van der Waals surface area (Å²) in [5, 5.41) is 3.59. The van der Waals surface area contributed by atoms with Crippen LogP contribution in [0.1, 0.15) is 44.1 Å². The molecule has 0 fully saturated rings. The number of rotatable bonds is 8. The van der Waals surface area contributed by atoms with E-state index in [1.165, 1.54) is 0 Å². The van der Waals surface area contributed by atoms with E-state index in [0.29, 0.717) is 41.9 Å². The molecule has 0 aliphatic rings. The summed E-state index contributed by atoms with van der Waals surface area (Å²) in [7, 11) is 0. The predicted octanol–water partition coefficient (Wildman–Crippen LogP) is 6.60. The molecule has 1 aromatic heterocycles. The molecule has 0 bridgehead atoms. The first kappa shape index (κ1) is 24.7.